The summed E-state index contributed by atoms with van der Waals surface area (Å²) < 4.78 is 0. The Kier molecular flexibility index (Phi) is 4.73. The van der Waals surface area contributed by atoms with Crippen LogP contribution in [0.25, 0.3) is 0 Å². The summed E-state index contributed by atoms with van der Waals surface area (Å²) in [4.78, 5) is 22.5. The number of hydrogen-bond donors (Lipinski definition) is 3. The SMILES string of the molecule is CCC(CO)NC(=O)C1CCC(C(=O)O)C1. The summed E-state index contributed by atoms with van der Waals surface area (Å²) in [6, 6.07) is -0.212. The van der Waals surface area contributed by atoms with Crippen LogP contribution in [-0.2, 0) is 9.59 Å². The minimum atomic E-state index is -0.815. The van der Waals surface area contributed by atoms with Gasteiger partial charge in [-0.1, -0.05) is 6.92 Å². The summed E-state index contributed by atoms with van der Waals surface area (Å²) in [6.45, 7) is 1.81. The predicted octanol–water partition coefficient (Wildman–Crippen LogP) is 0.374. The molecule has 3 N–H and O–H groups in total. The van der Waals surface area contributed by atoms with Crippen molar-refractivity contribution in [3.05, 3.63) is 0 Å². The number of carbonyl (C=O) groups excluding carboxylic acids is 1. The highest BCUT2D eigenvalue weighted by Gasteiger charge is 2.34. The van der Waals surface area contributed by atoms with E-state index >= 15 is 0 Å². The Labute approximate surface area is 94.8 Å². The number of carboxylic acids is 1. The lowest BCUT2D eigenvalue weighted by atomic mass is 10.0. The zero-order valence-corrected chi connectivity index (χ0v) is 9.48. The minimum Gasteiger partial charge on any atom is -0.481 e. The van der Waals surface area contributed by atoms with E-state index in [1.807, 2.05) is 6.92 Å². The zero-order chi connectivity index (χ0) is 12.1. The fraction of sp³-hybridized carbons (Fsp3) is 0.818. The highest BCUT2D eigenvalue weighted by molar-refractivity contribution is 5.81. The number of hydrogen-bond acceptors (Lipinski definition) is 3. The number of aliphatic hydroxyl groups excluding tert-OH is 1. The van der Waals surface area contributed by atoms with Crippen LogP contribution in [0.2, 0.25) is 0 Å². The van der Waals surface area contributed by atoms with Crippen molar-refractivity contribution in [2.75, 3.05) is 6.61 Å². The lowest BCUT2D eigenvalue weighted by molar-refractivity contribution is -0.141. The number of carbonyl (C=O) groups is 2. The number of rotatable bonds is 5. The van der Waals surface area contributed by atoms with Gasteiger partial charge < -0.3 is 15.5 Å². The van der Waals surface area contributed by atoms with Crippen molar-refractivity contribution < 1.29 is 19.8 Å². The number of nitrogens with one attached hydrogen (secondary N) is 1. The predicted molar refractivity (Wildman–Crippen MR) is 57.8 cm³/mol. The summed E-state index contributed by atoms with van der Waals surface area (Å²) in [5.41, 5.74) is 0. The lowest BCUT2D eigenvalue weighted by Crippen LogP contribution is -2.40. The van der Waals surface area contributed by atoms with E-state index in [9.17, 15) is 9.59 Å². The van der Waals surface area contributed by atoms with Crippen molar-refractivity contribution in [3.63, 3.8) is 0 Å². The molecule has 0 aliphatic heterocycles. The first kappa shape index (κ1) is 13.0. The molecule has 3 atom stereocenters. The molecule has 0 spiro atoms. The quantitative estimate of drug-likeness (QED) is 0.636. The molecule has 1 aliphatic rings. The van der Waals surface area contributed by atoms with E-state index in [0.29, 0.717) is 25.7 Å². The molecular weight excluding hydrogens is 210 g/mol. The molecule has 1 fully saturated rings. The van der Waals surface area contributed by atoms with E-state index in [0.717, 1.165) is 0 Å². The molecule has 0 bridgehead atoms. The smallest absolute Gasteiger partial charge is 0.306 e. The number of aliphatic hydroxyl groups is 1. The fourth-order valence-electron chi connectivity index (χ4n) is 2.04. The molecule has 0 saturated heterocycles. The monoisotopic (exact) mass is 229 g/mol. The molecule has 0 aromatic heterocycles. The van der Waals surface area contributed by atoms with E-state index in [1.165, 1.54) is 0 Å². The Balaban J connectivity index is 2.41. The maximum atomic E-state index is 11.7. The van der Waals surface area contributed by atoms with Gasteiger partial charge in [-0.2, -0.15) is 0 Å². The molecular formula is C11H19NO4. The highest BCUT2D eigenvalue weighted by Crippen LogP contribution is 2.31. The second-order valence-corrected chi connectivity index (χ2v) is 4.34. The first-order valence-electron chi connectivity index (χ1n) is 5.72. The summed E-state index contributed by atoms with van der Waals surface area (Å²) in [6.07, 6.45) is 2.30. The van der Waals surface area contributed by atoms with Crippen LogP contribution < -0.4 is 5.32 Å². The van der Waals surface area contributed by atoms with Crippen LogP contribution >= 0.6 is 0 Å². The Morgan fingerprint density at radius 1 is 1.38 bits per heavy atom. The third-order valence-corrected chi connectivity index (χ3v) is 3.21. The van der Waals surface area contributed by atoms with Crippen LogP contribution in [-0.4, -0.2) is 34.7 Å². The van der Waals surface area contributed by atoms with Crippen LogP contribution in [0.3, 0.4) is 0 Å². The standard InChI is InChI=1S/C11H19NO4/c1-2-9(6-13)12-10(14)7-3-4-8(5-7)11(15)16/h7-9,13H,2-6H2,1H3,(H,12,14)(H,15,16). The van der Waals surface area contributed by atoms with Crippen LogP contribution in [0.5, 0.6) is 0 Å². The third kappa shape index (κ3) is 3.20. The van der Waals surface area contributed by atoms with Gasteiger partial charge >= 0.3 is 5.97 Å². The third-order valence-electron chi connectivity index (χ3n) is 3.21. The van der Waals surface area contributed by atoms with Gasteiger partial charge in [-0.15, -0.1) is 0 Å². The van der Waals surface area contributed by atoms with Crippen LogP contribution in [0.4, 0.5) is 0 Å². The molecule has 1 saturated carbocycles. The van der Waals surface area contributed by atoms with E-state index in [2.05, 4.69) is 5.32 Å². The van der Waals surface area contributed by atoms with Crippen molar-refractivity contribution in [1.82, 2.24) is 5.32 Å². The van der Waals surface area contributed by atoms with Crippen molar-refractivity contribution in [1.29, 1.82) is 0 Å². The molecule has 16 heavy (non-hydrogen) atoms. The van der Waals surface area contributed by atoms with Crippen molar-refractivity contribution in [3.8, 4) is 0 Å². The number of carboxylic acid groups (broad SMARTS) is 1. The van der Waals surface area contributed by atoms with E-state index in [-0.39, 0.29) is 30.4 Å². The number of aliphatic carboxylic acids is 1. The minimum absolute atomic E-state index is 0.0721. The van der Waals surface area contributed by atoms with Crippen LogP contribution in [0.1, 0.15) is 32.6 Å². The molecule has 3 unspecified atom stereocenters. The topological polar surface area (TPSA) is 86.6 Å². The first-order valence-corrected chi connectivity index (χ1v) is 5.72. The molecule has 1 aliphatic carbocycles. The first-order chi connectivity index (χ1) is 7.58. The zero-order valence-electron chi connectivity index (χ0n) is 9.48. The lowest BCUT2D eigenvalue weighted by Gasteiger charge is -2.17. The molecule has 0 aromatic carbocycles. The second kappa shape index (κ2) is 5.84. The molecule has 92 valence electrons. The van der Waals surface area contributed by atoms with E-state index < -0.39 is 5.97 Å². The molecule has 0 heterocycles. The molecule has 5 heteroatoms. The fourth-order valence-corrected chi connectivity index (χ4v) is 2.04. The average molecular weight is 229 g/mol. The number of amides is 1. The average Bonchev–Trinajstić information content (AvgIpc) is 2.74. The van der Waals surface area contributed by atoms with Gasteiger partial charge in [0.25, 0.3) is 0 Å². The van der Waals surface area contributed by atoms with Gasteiger partial charge in [-0.05, 0) is 25.7 Å². The van der Waals surface area contributed by atoms with Crippen molar-refractivity contribution >= 4 is 11.9 Å². The van der Waals surface area contributed by atoms with Crippen molar-refractivity contribution in [2.45, 2.75) is 38.6 Å². The Morgan fingerprint density at radius 3 is 2.44 bits per heavy atom. The van der Waals surface area contributed by atoms with Crippen LogP contribution in [0.15, 0.2) is 0 Å². The molecule has 0 aromatic rings. The van der Waals surface area contributed by atoms with E-state index in [1.54, 1.807) is 0 Å². The Hall–Kier alpha value is -1.10. The van der Waals surface area contributed by atoms with Crippen molar-refractivity contribution in [2.24, 2.45) is 11.8 Å². The van der Waals surface area contributed by atoms with Gasteiger partial charge in [0.05, 0.1) is 18.6 Å². The largest absolute Gasteiger partial charge is 0.481 e. The van der Waals surface area contributed by atoms with E-state index in [4.69, 9.17) is 10.2 Å². The maximum absolute atomic E-state index is 11.7. The summed E-state index contributed by atoms with van der Waals surface area (Å²) in [7, 11) is 0. The van der Waals surface area contributed by atoms with Crippen LogP contribution in [0, 0.1) is 11.8 Å². The molecule has 0 radical (unpaired) electrons. The maximum Gasteiger partial charge on any atom is 0.306 e. The molecule has 1 amide bonds. The van der Waals surface area contributed by atoms with Gasteiger partial charge in [0.2, 0.25) is 5.91 Å². The summed E-state index contributed by atoms with van der Waals surface area (Å²) >= 11 is 0. The normalized spacial score (nSPS) is 26.4. The van der Waals surface area contributed by atoms with Gasteiger partial charge in [0.1, 0.15) is 0 Å². The molecule has 5 nitrogen and oxygen atoms in total. The Morgan fingerprint density at radius 2 is 2.00 bits per heavy atom. The highest BCUT2D eigenvalue weighted by atomic mass is 16.4. The molecule has 1 rings (SSSR count). The van der Waals surface area contributed by atoms with Gasteiger partial charge in [-0.3, -0.25) is 9.59 Å². The summed E-state index contributed by atoms with van der Waals surface area (Å²) in [5, 5.41) is 20.5. The van der Waals surface area contributed by atoms with Gasteiger partial charge in [0.15, 0.2) is 0 Å². The Bertz CT molecular complexity index is 263. The summed E-state index contributed by atoms with van der Waals surface area (Å²) in [5.74, 6) is -1.53. The van der Waals surface area contributed by atoms with Gasteiger partial charge in [-0.25, -0.2) is 0 Å². The van der Waals surface area contributed by atoms with Gasteiger partial charge in [0, 0.05) is 5.92 Å². The second-order valence-electron chi connectivity index (χ2n) is 4.34.